The molecule has 81 heavy (non-hydrogen) atoms. The van der Waals surface area contributed by atoms with Crippen LogP contribution in [0.1, 0.15) is 219 Å². The highest BCUT2D eigenvalue weighted by Gasteiger charge is 2.53. The SMILES string of the molecule is CCCCCCCCCC/C=C\CCCCCCCCCCCC(=O)NC(COC1OC(CO)C(OC2OC(CO)C(OC3OC(CO)C(O)C(O)C3O)C(O)C2O)C(O)C1O)C(O)/C=C/CC/C=C/CCCCCCCCCCC. The quantitative estimate of drug-likeness (QED) is 0.0229. The number of carbonyl (C=O) groups excluding carboxylic acids is 1. The Labute approximate surface area is 485 Å². The number of ether oxygens (including phenoxy) is 6. The topological polar surface area (TPSA) is 307 Å². The van der Waals surface area contributed by atoms with Crippen molar-refractivity contribution >= 4 is 5.91 Å². The number of carbonyl (C=O) groups is 1. The number of amides is 1. The summed E-state index contributed by atoms with van der Waals surface area (Å²) in [6, 6.07) is -0.989. The van der Waals surface area contributed by atoms with E-state index in [9.17, 15) is 61.0 Å². The smallest absolute Gasteiger partial charge is 0.220 e. The van der Waals surface area contributed by atoms with Crippen molar-refractivity contribution in [2.24, 2.45) is 0 Å². The molecular formula is C62H113NO18. The van der Waals surface area contributed by atoms with Crippen molar-refractivity contribution in [3.05, 3.63) is 36.5 Å². The Morgan fingerprint density at radius 2 is 0.790 bits per heavy atom. The highest BCUT2D eigenvalue weighted by Crippen LogP contribution is 2.33. The van der Waals surface area contributed by atoms with Gasteiger partial charge < -0.3 is 89.9 Å². The lowest BCUT2D eigenvalue weighted by molar-refractivity contribution is -0.379. The summed E-state index contributed by atoms with van der Waals surface area (Å²) >= 11 is 0. The number of unbranched alkanes of at least 4 members (excludes halogenated alkanes) is 27. The predicted molar refractivity (Wildman–Crippen MR) is 309 cm³/mol. The Kier molecular flexibility index (Phi) is 41.0. The molecule has 17 unspecified atom stereocenters. The van der Waals surface area contributed by atoms with Crippen molar-refractivity contribution in [1.29, 1.82) is 0 Å². The van der Waals surface area contributed by atoms with E-state index >= 15 is 0 Å². The second-order valence-electron chi connectivity index (χ2n) is 22.9. The molecule has 12 N–H and O–H groups in total. The minimum atomic E-state index is -1.98. The zero-order valence-corrected chi connectivity index (χ0v) is 49.5. The summed E-state index contributed by atoms with van der Waals surface area (Å²) < 4.78 is 34.2. The summed E-state index contributed by atoms with van der Waals surface area (Å²) in [4.78, 5) is 13.3. The van der Waals surface area contributed by atoms with E-state index in [-0.39, 0.29) is 18.9 Å². The molecule has 3 fully saturated rings. The van der Waals surface area contributed by atoms with E-state index in [1.165, 1.54) is 135 Å². The van der Waals surface area contributed by atoms with Crippen LogP contribution in [0, 0.1) is 0 Å². The third kappa shape index (κ3) is 28.8. The molecule has 3 aliphatic heterocycles. The largest absolute Gasteiger partial charge is 0.394 e. The summed E-state index contributed by atoms with van der Waals surface area (Å²) in [5, 5.41) is 120. The molecule has 0 bridgehead atoms. The van der Waals surface area contributed by atoms with Gasteiger partial charge in [-0.05, 0) is 57.8 Å². The first kappa shape index (κ1) is 73.3. The van der Waals surface area contributed by atoms with E-state index in [4.69, 9.17) is 28.4 Å². The van der Waals surface area contributed by atoms with E-state index in [1.54, 1.807) is 6.08 Å². The van der Waals surface area contributed by atoms with Gasteiger partial charge in [0.1, 0.15) is 73.2 Å². The first-order chi connectivity index (χ1) is 39.3. The van der Waals surface area contributed by atoms with Crippen LogP contribution < -0.4 is 5.32 Å². The minimum Gasteiger partial charge on any atom is -0.394 e. The van der Waals surface area contributed by atoms with Crippen LogP contribution in [0.5, 0.6) is 0 Å². The third-order valence-electron chi connectivity index (χ3n) is 15.9. The molecule has 3 saturated heterocycles. The number of nitrogens with one attached hydrogen (secondary N) is 1. The Morgan fingerprint density at radius 3 is 1.23 bits per heavy atom. The molecule has 0 spiro atoms. The monoisotopic (exact) mass is 1160 g/mol. The molecule has 0 aromatic heterocycles. The van der Waals surface area contributed by atoms with Gasteiger partial charge in [-0.15, -0.1) is 0 Å². The number of hydrogen-bond acceptors (Lipinski definition) is 18. The molecule has 3 aliphatic rings. The van der Waals surface area contributed by atoms with Crippen LogP contribution in [-0.4, -0.2) is 193 Å². The lowest BCUT2D eigenvalue weighted by Crippen LogP contribution is -2.66. The highest BCUT2D eigenvalue weighted by molar-refractivity contribution is 5.76. The van der Waals surface area contributed by atoms with Crippen LogP contribution in [0.3, 0.4) is 0 Å². The zero-order chi connectivity index (χ0) is 59.0. The van der Waals surface area contributed by atoms with Crippen LogP contribution in [-0.2, 0) is 33.2 Å². The molecule has 0 aromatic carbocycles. The summed E-state index contributed by atoms with van der Waals surface area (Å²) in [6.45, 7) is 1.70. The van der Waals surface area contributed by atoms with Crippen molar-refractivity contribution in [3.63, 3.8) is 0 Å². The second-order valence-corrected chi connectivity index (χ2v) is 22.9. The Bertz CT molecular complexity index is 1620. The molecule has 0 aromatic rings. The van der Waals surface area contributed by atoms with Gasteiger partial charge in [0.2, 0.25) is 5.91 Å². The maximum absolute atomic E-state index is 13.3. The Morgan fingerprint density at radius 1 is 0.432 bits per heavy atom. The summed E-state index contributed by atoms with van der Waals surface area (Å²) in [5.41, 5.74) is 0. The van der Waals surface area contributed by atoms with Crippen molar-refractivity contribution in [1.82, 2.24) is 5.32 Å². The van der Waals surface area contributed by atoms with Crippen LogP contribution in [0.15, 0.2) is 36.5 Å². The lowest BCUT2D eigenvalue weighted by Gasteiger charge is -2.48. The number of aliphatic hydroxyl groups excluding tert-OH is 11. The molecule has 3 rings (SSSR count). The molecule has 3 heterocycles. The predicted octanol–water partition coefficient (Wildman–Crippen LogP) is 6.49. The Hall–Kier alpha value is -1.99. The van der Waals surface area contributed by atoms with E-state index in [2.05, 4.69) is 43.5 Å². The minimum absolute atomic E-state index is 0.234. The van der Waals surface area contributed by atoms with Gasteiger partial charge in [0, 0.05) is 6.42 Å². The molecule has 19 heteroatoms. The Balaban J connectivity index is 1.48. The maximum Gasteiger partial charge on any atom is 0.220 e. The van der Waals surface area contributed by atoms with Gasteiger partial charge >= 0.3 is 0 Å². The molecule has 0 aliphatic carbocycles. The molecule has 1 amide bonds. The highest BCUT2D eigenvalue weighted by atomic mass is 16.8. The molecule has 0 radical (unpaired) electrons. The van der Waals surface area contributed by atoms with E-state index in [0.717, 1.165) is 51.4 Å². The third-order valence-corrected chi connectivity index (χ3v) is 15.9. The fourth-order valence-electron chi connectivity index (χ4n) is 10.7. The van der Waals surface area contributed by atoms with Gasteiger partial charge in [-0.3, -0.25) is 4.79 Å². The van der Waals surface area contributed by atoms with Crippen LogP contribution in [0.25, 0.3) is 0 Å². The lowest BCUT2D eigenvalue weighted by atomic mass is 9.96. The van der Waals surface area contributed by atoms with Crippen LogP contribution in [0.4, 0.5) is 0 Å². The number of hydrogen-bond donors (Lipinski definition) is 12. The summed E-state index contributed by atoms with van der Waals surface area (Å²) in [7, 11) is 0. The normalized spacial score (nSPS) is 30.0. The summed E-state index contributed by atoms with van der Waals surface area (Å²) in [6.07, 6.45) is 22.7. The zero-order valence-electron chi connectivity index (χ0n) is 49.5. The average Bonchev–Trinajstić information content (AvgIpc) is 3.46. The van der Waals surface area contributed by atoms with Crippen molar-refractivity contribution in [2.75, 3.05) is 26.4 Å². The fourth-order valence-corrected chi connectivity index (χ4v) is 10.7. The van der Waals surface area contributed by atoms with Gasteiger partial charge in [0.25, 0.3) is 0 Å². The van der Waals surface area contributed by atoms with Crippen molar-refractivity contribution in [2.45, 2.75) is 324 Å². The van der Waals surface area contributed by atoms with Gasteiger partial charge in [-0.25, -0.2) is 0 Å². The van der Waals surface area contributed by atoms with Crippen molar-refractivity contribution < 1.29 is 89.4 Å². The fraction of sp³-hybridized carbons (Fsp3) is 0.887. The molecular weight excluding hydrogens is 1050 g/mol. The first-order valence-corrected chi connectivity index (χ1v) is 31.7. The molecule has 0 saturated carbocycles. The second kappa shape index (κ2) is 45.3. The average molecular weight is 1160 g/mol. The van der Waals surface area contributed by atoms with Gasteiger partial charge in [-0.2, -0.15) is 0 Å². The maximum atomic E-state index is 13.3. The number of rotatable bonds is 47. The van der Waals surface area contributed by atoms with E-state index < -0.39 is 124 Å². The van der Waals surface area contributed by atoms with Gasteiger partial charge in [0.15, 0.2) is 18.9 Å². The van der Waals surface area contributed by atoms with Crippen molar-refractivity contribution in [3.8, 4) is 0 Å². The van der Waals surface area contributed by atoms with Gasteiger partial charge in [-0.1, -0.05) is 192 Å². The summed E-state index contributed by atoms with van der Waals surface area (Å²) in [5.74, 6) is -0.288. The van der Waals surface area contributed by atoms with Crippen LogP contribution >= 0.6 is 0 Å². The standard InChI is InChI=1S/C62H113NO18/c1-3-5-7-9-11-13-15-17-19-20-21-22-23-24-26-28-30-32-34-36-38-40-50(68)63-45(46(67)39-37-35-33-31-29-27-25-18-16-14-12-10-8-6-4-2)44-76-60-56(74)53(71)58(48(42-65)78-60)81-62-57(75)54(72)59(49(43-66)79-62)80-61-55(73)52(70)51(69)47(41-64)77-61/h20-21,29,31,37,39,45-49,51-62,64-67,69-75H,3-19,22-28,30,32-36,38,40-44H2,1-2H3,(H,63,68)/b21-20-,31-29+,39-37+. The van der Waals surface area contributed by atoms with E-state index in [0.29, 0.717) is 12.8 Å². The van der Waals surface area contributed by atoms with Crippen LogP contribution in [0.2, 0.25) is 0 Å². The number of allylic oxidation sites excluding steroid dienone is 5. The van der Waals surface area contributed by atoms with Gasteiger partial charge in [0.05, 0.1) is 38.6 Å². The molecule has 17 atom stereocenters. The molecule has 474 valence electrons. The van der Waals surface area contributed by atoms with E-state index in [1.807, 2.05) is 6.08 Å². The molecule has 19 nitrogen and oxygen atoms in total. The first-order valence-electron chi connectivity index (χ1n) is 31.7. The number of aliphatic hydroxyl groups is 11.